The standard InChI is InChI=1S/C16H11BrN2O2/c17-16-15(21)4-3-14(19-16)12-6-11(7-13(20)8-12)10-2-1-5-18-9-10/h1-9,20-21H. The molecular formula is C16H11BrN2O2. The summed E-state index contributed by atoms with van der Waals surface area (Å²) in [6, 6.07) is 12.2. The first-order chi connectivity index (χ1) is 10.1. The molecule has 0 bridgehead atoms. The average molecular weight is 343 g/mol. The Labute approximate surface area is 129 Å². The summed E-state index contributed by atoms with van der Waals surface area (Å²) in [6.07, 6.45) is 3.44. The molecule has 0 aliphatic heterocycles. The summed E-state index contributed by atoms with van der Waals surface area (Å²) < 4.78 is 0.367. The van der Waals surface area contributed by atoms with Crippen molar-refractivity contribution in [2.75, 3.05) is 0 Å². The highest BCUT2D eigenvalue weighted by Crippen LogP contribution is 2.32. The van der Waals surface area contributed by atoms with E-state index in [2.05, 4.69) is 25.9 Å². The third kappa shape index (κ3) is 2.87. The minimum atomic E-state index is 0.0754. The van der Waals surface area contributed by atoms with E-state index in [1.54, 1.807) is 36.7 Å². The summed E-state index contributed by atoms with van der Waals surface area (Å²) >= 11 is 3.19. The van der Waals surface area contributed by atoms with E-state index in [0.29, 0.717) is 10.3 Å². The van der Waals surface area contributed by atoms with Crippen LogP contribution in [0.5, 0.6) is 11.5 Å². The van der Waals surface area contributed by atoms with E-state index in [0.717, 1.165) is 16.7 Å². The lowest BCUT2D eigenvalue weighted by atomic mass is 10.0. The van der Waals surface area contributed by atoms with Gasteiger partial charge >= 0.3 is 0 Å². The number of hydrogen-bond acceptors (Lipinski definition) is 4. The van der Waals surface area contributed by atoms with Crippen molar-refractivity contribution in [1.29, 1.82) is 0 Å². The molecule has 2 N–H and O–H groups in total. The Balaban J connectivity index is 2.11. The van der Waals surface area contributed by atoms with Crippen molar-refractivity contribution in [2.45, 2.75) is 0 Å². The van der Waals surface area contributed by atoms with Crippen LogP contribution in [0.4, 0.5) is 0 Å². The van der Waals surface area contributed by atoms with Gasteiger partial charge in [0.2, 0.25) is 0 Å². The fraction of sp³-hybridized carbons (Fsp3) is 0. The Morgan fingerprint density at radius 3 is 2.43 bits per heavy atom. The summed E-state index contributed by atoms with van der Waals surface area (Å²) in [5.41, 5.74) is 3.17. The van der Waals surface area contributed by atoms with Gasteiger partial charge in [0.25, 0.3) is 0 Å². The smallest absolute Gasteiger partial charge is 0.148 e. The minimum absolute atomic E-state index is 0.0754. The van der Waals surface area contributed by atoms with Gasteiger partial charge in [-0.3, -0.25) is 4.98 Å². The highest BCUT2D eigenvalue weighted by atomic mass is 79.9. The first-order valence-electron chi connectivity index (χ1n) is 6.24. The van der Waals surface area contributed by atoms with Crippen LogP contribution >= 0.6 is 15.9 Å². The lowest BCUT2D eigenvalue weighted by Crippen LogP contribution is -1.87. The molecule has 104 valence electrons. The van der Waals surface area contributed by atoms with Crippen LogP contribution in [0.2, 0.25) is 0 Å². The number of benzene rings is 1. The van der Waals surface area contributed by atoms with Crippen LogP contribution in [0, 0.1) is 0 Å². The molecule has 0 aliphatic carbocycles. The highest BCUT2D eigenvalue weighted by molar-refractivity contribution is 9.10. The second-order valence-electron chi connectivity index (χ2n) is 4.52. The normalized spacial score (nSPS) is 10.5. The Morgan fingerprint density at radius 1 is 0.905 bits per heavy atom. The Kier molecular flexibility index (Phi) is 3.58. The monoisotopic (exact) mass is 342 g/mol. The number of phenolic OH excluding ortho intramolecular Hbond substituents is 1. The Bertz CT molecular complexity index is 792. The number of nitrogens with zero attached hydrogens (tertiary/aromatic N) is 2. The van der Waals surface area contributed by atoms with E-state index in [-0.39, 0.29) is 11.5 Å². The quantitative estimate of drug-likeness (QED) is 0.691. The van der Waals surface area contributed by atoms with Crippen LogP contribution in [0.1, 0.15) is 0 Å². The zero-order valence-electron chi connectivity index (χ0n) is 10.9. The molecule has 0 saturated heterocycles. The average Bonchev–Trinajstić information content (AvgIpc) is 2.50. The SMILES string of the molecule is Oc1cc(-c2cccnc2)cc(-c2ccc(O)c(Br)n2)c1. The second kappa shape index (κ2) is 5.54. The molecule has 2 heterocycles. The second-order valence-corrected chi connectivity index (χ2v) is 5.27. The van der Waals surface area contributed by atoms with Gasteiger partial charge in [0, 0.05) is 23.5 Å². The molecule has 0 atom stereocenters. The molecule has 0 saturated carbocycles. The van der Waals surface area contributed by atoms with Gasteiger partial charge in [0.05, 0.1) is 5.69 Å². The van der Waals surface area contributed by atoms with Crippen molar-refractivity contribution in [3.63, 3.8) is 0 Å². The molecule has 0 unspecified atom stereocenters. The fourth-order valence-electron chi connectivity index (χ4n) is 2.05. The van der Waals surface area contributed by atoms with E-state index in [4.69, 9.17) is 0 Å². The summed E-state index contributed by atoms with van der Waals surface area (Å²) in [5.74, 6) is 0.226. The largest absolute Gasteiger partial charge is 0.508 e. The maximum Gasteiger partial charge on any atom is 0.148 e. The van der Waals surface area contributed by atoms with Crippen LogP contribution in [0.15, 0.2) is 59.5 Å². The zero-order valence-corrected chi connectivity index (χ0v) is 12.4. The van der Waals surface area contributed by atoms with E-state index in [1.807, 2.05) is 18.2 Å². The molecule has 0 fully saturated rings. The molecule has 2 aromatic heterocycles. The predicted octanol–water partition coefficient (Wildman–Crippen LogP) is 3.98. The molecule has 0 aliphatic rings. The van der Waals surface area contributed by atoms with Gasteiger partial charge in [0.1, 0.15) is 16.1 Å². The maximum absolute atomic E-state index is 9.93. The van der Waals surface area contributed by atoms with Crippen LogP contribution in [0.25, 0.3) is 22.4 Å². The zero-order chi connectivity index (χ0) is 14.8. The van der Waals surface area contributed by atoms with Gasteiger partial charge in [-0.25, -0.2) is 4.98 Å². The van der Waals surface area contributed by atoms with E-state index >= 15 is 0 Å². The van der Waals surface area contributed by atoms with Gasteiger partial charge in [-0.1, -0.05) is 6.07 Å². The van der Waals surface area contributed by atoms with Gasteiger partial charge < -0.3 is 10.2 Å². The predicted molar refractivity (Wildman–Crippen MR) is 83.9 cm³/mol. The summed E-state index contributed by atoms with van der Waals surface area (Å²) in [5, 5.41) is 19.4. The van der Waals surface area contributed by atoms with Crippen molar-refractivity contribution in [2.24, 2.45) is 0 Å². The van der Waals surface area contributed by atoms with Crippen molar-refractivity contribution in [3.8, 4) is 33.9 Å². The summed E-state index contributed by atoms with van der Waals surface area (Å²) in [6.45, 7) is 0. The lowest BCUT2D eigenvalue weighted by molar-refractivity contribution is 0.469. The van der Waals surface area contributed by atoms with Crippen LogP contribution in [-0.4, -0.2) is 20.2 Å². The van der Waals surface area contributed by atoms with Crippen LogP contribution in [0.3, 0.4) is 0 Å². The van der Waals surface area contributed by atoms with E-state index in [1.165, 1.54) is 0 Å². The molecule has 5 heteroatoms. The first-order valence-corrected chi connectivity index (χ1v) is 7.03. The molecule has 3 rings (SSSR count). The Morgan fingerprint density at radius 2 is 1.71 bits per heavy atom. The summed E-state index contributed by atoms with van der Waals surface area (Å²) in [7, 11) is 0. The third-order valence-electron chi connectivity index (χ3n) is 3.04. The van der Waals surface area contributed by atoms with E-state index < -0.39 is 0 Å². The van der Waals surface area contributed by atoms with Crippen molar-refractivity contribution < 1.29 is 10.2 Å². The molecule has 0 radical (unpaired) electrons. The molecule has 21 heavy (non-hydrogen) atoms. The molecular weight excluding hydrogens is 332 g/mol. The van der Waals surface area contributed by atoms with Crippen molar-refractivity contribution in [3.05, 3.63) is 59.5 Å². The minimum Gasteiger partial charge on any atom is -0.508 e. The number of rotatable bonds is 2. The van der Waals surface area contributed by atoms with Crippen molar-refractivity contribution >= 4 is 15.9 Å². The first kappa shape index (κ1) is 13.6. The number of phenols is 1. The number of aromatic nitrogens is 2. The molecule has 0 amide bonds. The highest BCUT2D eigenvalue weighted by Gasteiger charge is 2.08. The molecule has 3 aromatic rings. The Hall–Kier alpha value is -2.40. The summed E-state index contributed by atoms with van der Waals surface area (Å²) in [4.78, 5) is 8.34. The van der Waals surface area contributed by atoms with Crippen LogP contribution in [-0.2, 0) is 0 Å². The van der Waals surface area contributed by atoms with Crippen molar-refractivity contribution in [1.82, 2.24) is 9.97 Å². The van der Waals surface area contributed by atoms with Gasteiger partial charge in [-0.05, 0) is 57.9 Å². The number of halogens is 1. The van der Waals surface area contributed by atoms with Gasteiger partial charge in [-0.15, -0.1) is 0 Å². The van der Waals surface area contributed by atoms with Crippen LogP contribution < -0.4 is 0 Å². The molecule has 0 spiro atoms. The van der Waals surface area contributed by atoms with Gasteiger partial charge in [-0.2, -0.15) is 0 Å². The molecule has 1 aromatic carbocycles. The molecule has 4 nitrogen and oxygen atoms in total. The number of aromatic hydroxyl groups is 2. The third-order valence-corrected chi connectivity index (χ3v) is 3.62. The number of hydrogen-bond donors (Lipinski definition) is 2. The number of pyridine rings is 2. The van der Waals surface area contributed by atoms with Gasteiger partial charge in [0.15, 0.2) is 0 Å². The fourth-order valence-corrected chi connectivity index (χ4v) is 2.37. The topological polar surface area (TPSA) is 66.2 Å². The maximum atomic E-state index is 9.93. The lowest BCUT2D eigenvalue weighted by Gasteiger charge is -2.07. The van der Waals surface area contributed by atoms with E-state index in [9.17, 15) is 10.2 Å².